The molecule has 1 fully saturated rings. The molecule has 4 nitrogen and oxygen atoms in total. The van der Waals surface area contributed by atoms with Crippen molar-refractivity contribution in [3.63, 3.8) is 0 Å². The number of nitrogens with one attached hydrogen (secondary N) is 1. The Morgan fingerprint density at radius 3 is 2.61 bits per heavy atom. The monoisotopic (exact) mass is 257 g/mol. The highest BCUT2D eigenvalue weighted by Gasteiger charge is 2.30. The minimum atomic E-state index is -1.01. The molecule has 0 aromatic heterocycles. The van der Waals surface area contributed by atoms with E-state index in [9.17, 15) is 13.6 Å². The largest absolute Gasteiger partial charge is 0.479 e. The highest BCUT2D eigenvalue weighted by molar-refractivity contribution is 5.72. The molecule has 0 radical (unpaired) electrons. The quantitative estimate of drug-likeness (QED) is 0.866. The Bertz CT molecular complexity index is 433. The van der Waals surface area contributed by atoms with Crippen LogP contribution < -0.4 is 5.32 Å². The molecule has 1 saturated heterocycles. The molecule has 2 rings (SSSR count). The number of ether oxygens (including phenoxy) is 1. The second-order valence-electron chi connectivity index (χ2n) is 4.14. The van der Waals surface area contributed by atoms with Gasteiger partial charge in [-0.2, -0.15) is 0 Å². The van der Waals surface area contributed by atoms with Gasteiger partial charge in [-0.1, -0.05) is 6.07 Å². The van der Waals surface area contributed by atoms with Crippen LogP contribution in [-0.4, -0.2) is 29.8 Å². The smallest absolute Gasteiger partial charge is 0.332 e. The Balaban J connectivity index is 1.91. The molecule has 1 aromatic carbocycles. The van der Waals surface area contributed by atoms with Crippen LogP contribution in [-0.2, 0) is 9.53 Å². The van der Waals surface area contributed by atoms with Crippen molar-refractivity contribution in [2.75, 3.05) is 11.9 Å². The van der Waals surface area contributed by atoms with Crippen molar-refractivity contribution in [3.05, 3.63) is 29.8 Å². The number of benzene rings is 1. The zero-order chi connectivity index (χ0) is 13.1. The van der Waals surface area contributed by atoms with Crippen molar-refractivity contribution in [2.45, 2.75) is 25.0 Å². The molecule has 0 aliphatic carbocycles. The Morgan fingerprint density at radius 2 is 2.06 bits per heavy atom. The fourth-order valence-electron chi connectivity index (χ4n) is 1.92. The molecule has 1 aliphatic rings. The molecule has 1 aromatic rings. The van der Waals surface area contributed by atoms with Crippen molar-refractivity contribution in [3.8, 4) is 0 Å². The Morgan fingerprint density at radius 1 is 1.39 bits per heavy atom. The Hall–Kier alpha value is -1.69. The summed E-state index contributed by atoms with van der Waals surface area (Å²) in [4.78, 5) is 10.7. The summed E-state index contributed by atoms with van der Waals surface area (Å²) in [6.07, 6.45) is -0.186. The number of hydrogen-bond acceptors (Lipinski definition) is 3. The second kappa shape index (κ2) is 5.30. The normalized spacial score (nSPS) is 23.0. The molecule has 2 N–H and O–H groups in total. The first-order chi connectivity index (χ1) is 8.58. The molecule has 98 valence electrons. The lowest BCUT2D eigenvalue weighted by atomic mass is 10.2. The SMILES string of the molecule is O=C(O)C1CCC(CNc2c(F)cccc2F)O1. The van der Waals surface area contributed by atoms with Gasteiger partial charge in [0.15, 0.2) is 6.10 Å². The standard InChI is InChI=1S/C12H13F2NO3/c13-8-2-1-3-9(14)11(8)15-6-7-4-5-10(18-7)12(16)17/h1-3,7,10,15H,4-6H2,(H,16,17). The van der Waals surface area contributed by atoms with Crippen LogP contribution in [0.15, 0.2) is 18.2 Å². The van der Waals surface area contributed by atoms with Gasteiger partial charge in [0, 0.05) is 6.54 Å². The van der Waals surface area contributed by atoms with E-state index < -0.39 is 23.7 Å². The van der Waals surface area contributed by atoms with E-state index in [0.717, 1.165) is 12.1 Å². The van der Waals surface area contributed by atoms with Crippen molar-refractivity contribution in [1.29, 1.82) is 0 Å². The summed E-state index contributed by atoms with van der Waals surface area (Å²) in [7, 11) is 0. The van der Waals surface area contributed by atoms with Crippen LogP contribution >= 0.6 is 0 Å². The van der Waals surface area contributed by atoms with Gasteiger partial charge in [0.1, 0.15) is 17.3 Å². The summed E-state index contributed by atoms with van der Waals surface area (Å²) in [5.41, 5.74) is -0.208. The predicted molar refractivity (Wildman–Crippen MR) is 60.4 cm³/mol. The first-order valence-electron chi connectivity index (χ1n) is 5.64. The maximum atomic E-state index is 13.3. The predicted octanol–water partition coefficient (Wildman–Crippen LogP) is 2.01. The maximum Gasteiger partial charge on any atom is 0.332 e. The lowest BCUT2D eigenvalue weighted by Crippen LogP contribution is -2.25. The topological polar surface area (TPSA) is 58.6 Å². The highest BCUT2D eigenvalue weighted by Crippen LogP contribution is 2.22. The third-order valence-electron chi connectivity index (χ3n) is 2.85. The number of carboxylic acids is 1. The van der Waals surface area contributed by atoms with E-state index in [2.05, 4.69) is 5.32 Å². The van der Waals surface area contributed by atoms with Crippen LogP contribution in [0, 0.1) is 11.6 Å². The number of rotatable bonds is 4. The first kappa shape index (κ1) is 12.8. The van der Waals surface area contributed by atoms with Crippen molar-refractivity contribution >= 4 is 11.7 Å². The number of aliphatic carboxylic acids is 1. The molecular weight excluding hydrogens is 244 g/mol. The zero-order valence-electron chi connectivity index (χ0n) is 9.53. The third-order valence-corrected chi connectivity index (χ3v) is 2.85. The van der Waals surface area contributed by atoms with E-state index >= 15 is 0 Å². The summed E-state index contributed by atoms with van der Waals surface area (Å²) >= 11 is 0. The molecular formula is C12H13F2NO3. The van der Waals surface area contributed by atoms with Gasteiger partial charge in [0.25, 0.3) is 0 Å². The number of carbonyl (C=O) groups is 1. The van der Waals surface area contributed by atoms with Gasteiger partial charge < -0.3 is 15.2 Å². The average molecular weight is 257 g/mol. The van der Waals surface area contributed by atoms with Crippen LogP contribution in [0.3, 0.4) is 0 Å². The number of halogens is 2. The number of hydrogen-bond donors (Lipinski definition) is 2. The lowest BCUT2D eigenvalue weighted by Gasteiger charge is -2.14. The van der Waals surface area contributed by atoms with E-state index in [4.69, 9.17) is 9.84 Å². The fourth-order valence-corrected chi connectivity index (χ4v) is 1.92. The number of anilines is 1. The summed E-state index contributed by atoms with van der Waals surface area (Å²) in [6.45, 7) is 0.182. The molecule has 1 heterocycles. The van der Waals surface area contributed by atoms with Crippen LogP contribution in [0.2, 0.25) is 0 Å². The summed E-state index contributed by atoms with van der Waals surface area (Å²) in [6, 6.07) is 3.59. The van der Waals surface area contributed by atoms with E-state index in [-0.39, 0.29) is 18.3 Å². The van der Waals surface area contributed by atoms with Crippen molar-refractivity contribution in [2.24, 2.45) is 0 Å². The second-order valence-corrected chi connectivity index (χ2v) is 4.14. The Labute approximate surface area is 103 Å². The van der Waals surface area contributed by atoms with Crippen LogP contribution in [0.4, 0.5) is 14.5 Å². The molecule has 2 atom stereocenters. The molecule has 2 unspecified atom stereocenters. The van der Waals surface area contributed by atoms with Gasteiger partial charge in [0.2, 0.25) is 0 Å². The molecule has 18 heavy (non-hydrogen) atoms. The Kier molecular flexibility index (Phi) is 3.76. The minimum Gasteiger partial charge on any atom is -0.479 e. The maximum absolute atomic E-state index is 13.3. The summed E-state index contributed by atoms with van der Waals surface area (Å²) in [5.74, 6) is -2.36. The van der Waals surface area contributed by atoms with E-state index in [1.165, 1.54) is 6.07 Å². The minimum absolute atomic E-state index is 0.182. The highest BCUT2D eigenvalue weighted by atomic mass is 19.1. The van der Waals surface area contributed by atoms with Gasteiger partial charge >= 0.3 is 5.97 Å². The fraction of sp³-hybridized carbons (Fsp3) is 0.417. The van der Waals surface area contributed by atoms with E-state index in [1.54, 1.807) is 0 Å². The van der Waals surface area contributed by atoms with Crippen molar-refractivity contribution in [1.82, 2.24) is 0 Å². The number of para-hydroxylation sites is 1. The van der Waals surface area contributed by atoms with Crippen LogP contribution in [0.25, 0.3) is 0 Å². The summed E-state index contributed by atoms with van der Waals surface area (Å²) < 4.78 is 31.8. The molecule has 0 amide bonds. The van der Waals surface area contributed by atoms with Gasteiger partial charge in [-0.15, -0.1) is 0 Å². The molecule has 6 heteroatoms. The summed E-state index contributed by atoms with van der Waals surface area (Å²) in [5, 5.41) is 11.4. The number of carboxylic acid groups (broad SMARTS) is 1. The molecule has 0 saturated carbocycles. The van der Waals surface area contributed by atoms with Crippen LogP contribution in [0.5, 0.6) is 0 Å². The molecule has 1 aliphatic heterocycles. The van der Waals surface area contributed by atoms with E-state index in [1.807, 2.05) is 0 Å². The van der Waals surface area contributed by atoms with Crippen LogP contribution in [0.1, 0.15) is 12.8 Å². The molecule has 0 spiro atoms. The van der Waals surface area contributed by atoms with E-state index in [0.29, 0.717) is 12.8 Å². The zero-order valence-corrected chi connectivity index (χ0v) is 9.53. The molecule has 0 bridgehead atoms. The first-order valence-corrected chi connectivity index (χ1v) is 5.64. The van der Waals surface area contributed by atoms with Gasteiger partial charge in [-0.05, 0) is 25.0 Å². The lowest BCUT2D eigenvalue weighted by molar-refractivity contribution is -0.149. The van der Waals surface area contributed by atoms with Gasteiger partial charge in [0.05, 0.1) is 6.10 Å². The van der Waals surface area contributed by atoms with Gasteiger partial charge in [-0.3, -0.25) is 0 Å². The van der Waals surface area contributed by atoms with Crippen molar-refractivity contribution < 1.29 is 23.4 Å². The van der Waals surface area contributed by atoms with Gasteiger partial charge in [-0.25, -0.2) is 13.6 Å². The third kappa shape index (κ3) is 2.76. The average Bonchev–Trinajstić information content (AvgIpc) is 2.77.